The van der Waals surface area contributed by atoms with Crippen molar-refractivity contribution in [1.82, 2.24) is 57.8 Å². The number of aliphatic hydroxyl groups excluding tert-OH is 12. The van der Waals surface area contributed by atoms with Crippen LogP contribution in [0.25, 0.3) is 44.1 Å². The molecule has 10 aromatic heterocycles. The number of benzene rings is 2. The minimum Gasteiger partial charge on any atom is -0.390 e. The molecular formula is C76H88N12O16. The van der Waals surface area contributed by atoms with Crippen molar-refractivity contribution < 1.29 is 80.2 Å². The van der Waals surface area contributed by atoms with Gasteiger partial charge in [0.2, 0.25) is 0 Å². The lowest BCUT2D eigenvalue weighted by molar-refractivity contribution is -0.0850. The van der Waals surface area contributed by atoms with Crippen LogP contribution in [-0.2, 0) is 45.9 Å². The highest BCUT2D eigenvalue weighted by Gasteiger charge is 2.51. The third kappa shape index (κ3) is 14.7. The molecular weight excluding hydrogens is 1340 g/mol. The van der Waals surface area contributed by atoms with E-state index in [-0.39, 0.29) is 0 Å². The van der Waals surface area contributed by atoms with Gasteiger partial charge < -0.3 is 98.5 Å². The van der Waals surface area contributed by atoms with Gasteiger partial charge in [0.25, 0.3) is 0 Å². The van der Waals surface area contributed by atoms with Gasteiger partial charge in [0.1, 0.15) is 108 Å². The zero-order valence-corrected chi connectivity index (χ0v) is 58.1. The monoisotopic (exact) mass is 1420 g/mol. The number of aryl methyl sites for hydroxylation is 8. The van der Waals surface area contributed by atoms with E-state index in [9.17, 15) is 61.3 Å². The summed E-state index contributed by atoms with van der Waals surface area (Å²) >= 11 is 0. The average molecular weight is 1430 g/mol. The van der Waals surface area contributed by atoms with Crippen LogP contribution in [-0.4, -0.2) is 204 Å². The molecule has 14 heterocycles. The van der Waals surface area contributed by atoms with Crippen molar-refractivity contribution in [2.75, 3.05) is 0 Å². The van der Waals surface area contributed by atoms with Crippen molar-refractivity contribution in [3.8, 4) is 0 Å². The van der Waals surface area contributed by atoms with Gasteiger partial charge >= 0.3 is 0 Å². The number of hydrogen-bond acceptors (Lipinski definition) is 22. The number of aromatic nitrogens is 12. The molecule has 0 saturated carbocycles. The summed E-state index contributed by atoms with van der Waals surface area (Å²) in [5, 5.41) is 138. The molecule has 4 aliphatic rings. The fourth-order valence-corrected chi connectivity index (χ4v) is 14.2. The van der Waals surface area contributed by atoms with E-state index in [1.54, 1.807) is 104 Å². The fraction of sp³-hybridized carbons (Fsp3) is 0.395. The molecule has 20 atom stereocenters. The van der Waals surface area contributed by atoms with Crippen LogP contribution in [0.1, 0.15) is 94.5 Å². The number of ether oxygens (including phenoxy) is 4. The molecule has 4 fully saturated rings. The van der Waals surface area contributed by atoms with Gasteiger partial charge in [-0.25, -0.2) is 19.9 Å². The van der Waals surface area contributed by atoms with Crippen molar-refractivity contribution in [2.45, 2.75) is 176 Å². The van der Waals surface area contributed by atoms with E-state index in [4.69, 9.17) is 18.9 Å². The Morgan fingerprint density at radius 1 is 0.356 bits per heavy atom. The van der Waals surface area contributed by atoms with Gasteiger partial charge in [-0.15, -0.1) is 0 Å². The summed E-state index contributed by atoms with van der Waals surface area (Å²) < 4.78 is 33.4. The van der Waals surface area contributed by atoms with Crippen LogP contribution < -0.4 is 0 Å². The zero-order valence-electron chi connectivity index (χ0n) is 58.1. The second kappa shape index (κ2) is 31.4. The minimum absolute atomic E-state index is 0.439. The third-order valence-electron chi connectivity index (χ3n) is 20.2. The molecule has 12 aromatic rings. The number of aliphatic hydroxyl groups is 12. The number of pyridine rings is 4. The first-order chi connectivity index (χ1) is 50.1. The number of hydrogen-bond donors (Lipinski definition) is 12. The quantitative estimate of drug-likeness (QED) is 0.0619. The third-order valence-corrected chi connectivity index (χ3v) is 20.2. The normalized spacial score (nSPS) is 27.2. The molecule has 12 N–H and O–H groups in total. The molecule has 0 aliphatic carbocycles. The van der Waals surface area contributed by atoms with Gasteiger partial charge in [0, 0.05) is 109 Å². The number of fused-ring (bicyclic) bond motifs is 4. The smallest absolute Gasteiger partial charge is 0.164 e. The van der Waals surface area contributed by atoms with Crippen LogP contribution in [0.2, 0.25) is 0 Å². The molecule has 0 spiro atoms. The summed E-state index contributed by atoms with van der Waals surface area (Å²) in [5.74, 6) is 0. The second-order valence-electron chi connectivity index (χ2n) is 27.2. The Labute approximate surface area is 597 Å². The van der Waals surface area contributed by atoms with Crippen molar-refractivity contribution in [1.29, 1.82) is 0 Å². The van der Waals surface area contributed by atoms with Crippen LogP contribution in [0.4, 0.5) is 0 Å². The molecule has 16 rings (SSSR count). The average Bonchev–Trinajstić information content (AvgIpc) is 1.64. The van der Waals surface area contributed by atoms with Crippen LogP contribution in [0.5, 0.6) is 0 Å². The highest BCUT2D eigenvalue weighted by Crippen LogP contribution is 2.41. The molecule has 548 valence electrons. The minimum atomic E-state index is -1.23. The van der Waals surface area contributed by atoms with Gasteiger partial charge in [0.05, 0.1) is 24.6 Å². The topological polar surface area (TPSA) is 387 Å². The Kier molecular flexibility index (Phi) is 22.1. The van der Waals surface area contributed by atoms with Crippen LogP contribution >= 0.6 is 0 Å². The molecule has 4 aliphatic heterocycles. The van der Waals surface area contributed by atoms with Gasteiger partial charge in [0.15, 0.2) is 24.9 Å². The highest BCUT2D eigenvalue weighted by molar-refractivity contribution is 5.82. The maximum Gasteiger partial charge on any atom is 0.164 e. The first kappa shape index (κ1) is 73.3. The molecule has 4 saturated heterocycles. The van der Waals surface area contributed by atoms with E-state index in [0.717, 1.165) is 54.9 Å². The molecule has 104 heavy (non-hydrogen) atoms. The van der Waals surface area contributed by atoms with Crippen LogP contribution in [0, 0.1) is 27.7 Å². The molecule has 20 unspecified atom stereocenters. The zero-order chi connectivity index (χ0) is 73.4. The van der Waals surface area contributed by atoms with Gasteiger partial charge in [-0.3, -0.25) is 9.36 Å². The Bertz CT molecular complexity index is 4530. The lowest BCUT2D eigenvalue weighted by Gasteiger charge is -2.21. The summed E-state index contributed by atoms with van der Waals surface area (Å²) in [6, 6.07) is 35.0. The van der Waals surface area contributed by atoms with E-state index in [1.807, 2.05) is 137 Å². The maximum atomic E-state index is 10.6. The molecule has 0 bridgehead atoms. The first-order valence-corrected chi connectivity index (χ1v) is 34.6. The highest BCUT2D eigenvalue weighted by atomic mass is 16.6. The molecule has 2 aromatic carbocycles. The van der Waals surface area contributed by atoms with E-state index < -0.39 is 123 Å². The molecule has 28 heteroatoms. The summed E-state index contributed by atoms with van der Waals surface area (Å²) in [6.45, 7) is 7.94. The second-order valence-corrected chi connectivity index (χ2v) is 27.2. The van der Waals surface area contributed by atoms with Gasteiger partial charge in [-0.05, 0) is 135 Å². The Morgan fingerprint density at radius 2 is 0.625 bits per heavy atom. The molecule has 0 amide bonds. The van der Waals surface area contributed by atoms with E-state index in [0.29, 0.717) is 59.4 Å². The van der Waals surface area contributed by atoms with E-state index >= 15 is 0 Å². The summed E-state index contributed by atoms with van der Waals surface area (Å²) in [7, 11) is 3.47. The molecule has 28 nitrogen and oxygen atoms in total. The van der Waals surface area contributed by atoms with Gasteiger partial charge in [-0.2, -0.15) is 10.2 Å². The summed E-state index contributed by atoms with van der Waals surface area (Å²) in [5.41, 5.74) is 10.2. The Balaban J connectivity index is 0.000000123. The van der Waals surface area contributed by atoms with Crippen molar-refractivity contribution >= 4 is 44.1 Å². The lowest BCUT2D eigenvalue weighted by atomic mass is 9.99. The van der Waals surface area contributed by atoms with Gasteiger partial charge in [-0.1, -0.05) is 60.7 Å². The van der Waals surface area contributed by atoms with Crippen molar-refractivity contribution in [3.05, 3.63) is 228 Å². The largest absolute Gasteiger partial charge is 0.390 e. The van der Waals surface area contributed by atoms with Crippen LogP contribution in [0.15, 0.2) is 184 Å². The van der Waals surface area contributed by atoms with E-state index in [1.165, 1.54) is 12.4 Å². The van der Waals surface area contributed by atoms with Crippen LogP contribution in [0.3, 0.4) is 0 Å². The first-order valence-electron chi connectivity index (χ1n) is 34.6. The predicted molar refractivity (Wildman–Crippen MR) is 379 cm³/mol. The summed E-state index contributed by atoms with van der Waals surface area (Å²) in [6.07, 6.45) is 2.17. The van der Waals surface area contributed by atoms with E-state index in [2.05, 4.69) is 30.1 Å². The SMILES string of the molecule is Cc1ccnc2c1ccn2C1OC(C(O)CCc2ccccc2)C(O)C1O.Cc1ccnc2c1ccn2C1OC(C(O)CCc2ccccc2)C(O)C1O.Cc1ccnc2c1ccn2C1OC(C(O)c2cnn(C)c2)C(O)C1O.Cc1ccnc2c1ccn2C1OC(C(O)c2cnn(C)c2)C(O)C1O. The maximum absolute atomic E-state index is 10.6. The number of rotatable bonds is 16. The number of nitrogens with zero attached hydrogens (tertiary/aromatic N) is 12. The standard InChI is InChI=1S/2C21H24N2O4.2C17H20N4O4/c2*1-13-9-11-22-20-15(13)10-12-23(20)21-18(26)17(25)19(27-21)16(24)8-7-14-5-3-2-4-6-14;2*1-9-3-5-18-16-11(9)4-6-21(16)17-14(24)13(23)15(25-17)12(22)10-7-19-20(2)8-10/h2*2-6,9-12,16-19,21,24-26H,7-8H2,1H3;2*3-8,12-15,17,22-24H,1-2H3. The fourth-order valence-electron chi connectivity index (χ4n) is 14.2. The summed E-state index contributed by atoms with van der Waals surface area (Å²) in [4.78, 5) is 17.5. The Morgan fingerprint density at radius 3 is 0.894 bits per heavy atom. The molecule has 0 radical (unpaired) electrons. The van der Waals surface area contributed by atoms with Crippen molar-refractivity contribution in [3.63, 3.8) is 0 Å². The van der Waals surface area contributed by atoms with Crippen molar-refractivity contribution in [2.24, 2.45) is 14.1 Å². The predicted octanol–water partition coefficient (Wildman–Crippen LogP) is 4.78. The lowest BCUT2D eigenvalue weighted by Crippen LogP contribution is -2.38. The Hall–Kier alpha value is -9.02.